The number of para-hydroxylation sites is 1. The molecule has 1 aliphatic heterocycles. The number of aromatic nitrogens is 3. The molecule has 0 bridgehead atoms. The van der Waals surface area contributed by atoms with Crippen LogP contribution in [0.1, 0.15) is 36.6 Å². The fraction of sp³-hybridized carbons (Fsp3) is 0.263. The van der Waals surface area contributed by atoms with Crippen LogP contribution in [0.2, 0.25) is 0 Å². The molecule has 0 radical (unpaired) electrons. The van der Waals surface area contributed by atoms with E-state index in [9.17, 15) is 0 Å². The van der Waals surface area contributed by atoms with Crippen LogP contribution in [0.4, 0.5) is 5.95 Å². The van der Waals surface area contributed by atoms with Gasteiger partial charge in [-0.3, -0.25) is 0 Å². The number of benzene rings is 2. The number of anilines is 1. The molecule has 0 fully saturated rings. The lowest BCUT2D eigenvalue weighted by Gasteiger charge is -2.32. The fourth-order valence-corrected chi connectivity index (χ4v) is 3.33. The van der Waals surface area contributed by atoms with E-state index in [1.165, 1.54) is 5.56 Å². The van der Waals surface area contributed by atoms with Crippen LogP contribution in [0.25, 0.3) is 0 Å². The van der Waals surface area contributed by atoms with Crippen molar-refractivity contribution in [2.45, 2.75) is 25.4 Å². The molecule has 24 heavy (non-hydrogen) atoms. The van der Waals surface area contributed by atoms with Crippen LogP contribution in [0.3, 0.4) is 0 Å². The first kappa shape index (κ1) is 14.8. The second-order valence-electron chi connectivity index (χ2n) is 5.86. The molecule has 4 rings (SSSR count). The Hall–Kier alpha value is -2.82. The number of hydrogen-bond donors (Lipinski definition) is 1. The quantitative estimate of drug-likeness (QED) is 0.794. The summed E-state index contributed by atoms with van der Waals surface area (Å²) < 4.78 is 7.80. The maximum Gasteiger partial charge on any atom is 0.222 e. The fourth-order valence-electron chi connectivity index (χ4n) is 3.33. The molecule has 1 aliphatic rings. The van der Waals surface area contributed by atoms with Crippen LogP contribution in [0, 0.1) is 0 Å². The summed E-state index contributed by atoms with van der Waals surface area (Å²) >= 11 is 0. The predicted octanol–water partition coefficient (Wildman–Crippen LogP) is 3.82. The van der Waals surface area contributed by atoms with Crippen LogP contribution < -0.4 is 10.1 Å². The Morgan fingerprint density at radius 1 is 1.12 bits per heavy atom. The van der Waals surface area contributed by atoms with Crippen LogP contribution in [0.5, 0.6) is 5.75 Å². The third kappa shape index (κ3) is 2.62. The van der Waals surface area contributed by atoms with Crippen molar-refractivity contribution in [3.05, 3.63) is 72.1 Å². The number of hydrogen-bond acceptors (Lipinski definition) is 4. The minimum atomic E-state index is 0.0942. The Morgan fingerprint density at radius 3 is 2.75 bits per heavy atom. The zero-order chi connectivity index (χ0) is 16.4. The highest BCUT2D eigenvalue weighted by molar-refractivity contribution is 5.42. The molecule has 1 aromatic heterocycles. The SMILES string of the molecule is CCOc1ccccc1[C@@H]1C[C@H](c2ccccc2)Nc2ncnn21. The molecule has 0 saturated carbocycles. The Kier molecular flexibility index (Phi) is 3.91. The number of rotatable bonds is 4. The average Bonchev–Trinajstić information content (AvgIpc) is 3.11. The lowest BCUT2D eigenvalue weighted by Crippen LogP contribution is -2.28. The zero-order valence-electron chi connectivity index (χ0n) is 13.6. The normalized spacial score (nSPS) is 19.4. The van der Waals surface area contributed by atoms with Gasteiger partial charge >= 0.3 is 0 Å². The molecule has 0 unspecified atom stereocenters. The van der Waals surface area contributed by atoms with Crippen molar-refractivity contribution < 1.29 is 4.74 Å². The number of fused-ring (bicyclic) bond motifs is 1. The zero-order valence-corrected chi connectivity index (χ0v) is 13.6. The summed E-state index contributed by atoms with van der Waals surface area (Å²) in [4.78, 5) is 4.38. The summed E-state index contributed by atoms with van der Waals surface area (Å²) in [6, 6.07) is 19.0. The second-order valence-corrected chi connectivity index (χ2v) is 5.86. The lowest BCUT2D eigenvalue weighted by molar-refractivity contribution is 0.325. The van der Waals surface area contributed by atoms with Gasteiger partial charge in [0.1, 0.15) is 12.1 Å². The van der Waals surface area contributed by atoms with Crippen LogP contribution in [-0.2, 0) is 0 Å². The molecule has 2 atom stereocenters. The van der Waals surface area contributed by atoms with Crippen molar-refractivity contribution in [2.24, 2.45) is 0 Å². The van der Waals surface area contributed by atoms with E-state index in [1.807, 2.05) is 35.9 Å². The van der Waals surface area contributed by atoms with Crippen LogP contribution in [-0.4, -0.2) is 21.4 Å². The van der Waals surface area contributed by atoms with Crippen molar-refractivity contribution in [1.82, 2.24) is 14.8 Å². The minimum absolute atomic E-state index is 0.0942. The summed E-state index contributed by atoms with van der Waals surface area (Å²) in [6.07, 6.45) is 2.50. The number of ether oxygens (including phenoxy) is 1. The maximum absolute atomic E-state index is 5.84. The van der Waals surface area contributed by atoms with Gasteiger partial charge in [-0.2, -0.15) is 10.1 Å². The van der Waals surface area contributed by atoms with Gasteiger partial charge in [0.2, 0.25) is 5.95 Å². The molecule has 2 heterocycles. The Bertz CT molecular complexity index is 815. The highest BCUT2D eigenvalue weighted by atomic mass is 16.5. The summed E-state index contributed by atoms with van der Waals surface area (Å²) in [7, 11) is 0. The standard InChI is InChI=1S/C19H20N4O/c1-2-24-18-11-7-6-10-15(18)17-12-16(14-8-4-3-5-9-14)22-19-20-13-21-23(17)19/h3-11,13,16-17H,2,12H2,1H3,(H,20,21,22)/t16-,17+/m1/s1. The molecule has 0 aliphatic carbocycles. The molecule has 2 aromatic carbocycles. The summed E-state index contributed by atoms with van der Waals surface area (Å²) in [5.74, 6) is 1.71. The van der Waals surface area contributed by atoms with Crippen molar-refractivity contribution in [3.8, 4) is 5.75 Å². The summed E-state index contributed by atoms with van der Waals surface area (Å²) in [5, 5.41) is 7.92. The molecular formula is C19H20N4O. The van der Waals surface area contributed by atoms with Crippen molar-refractivity contribution in [2.75, 3.05) is 11.9 Å². The molecule has 5 heteroatoms. The Morgan fingerprint density at radius 2 is 1.92 bits per heavy atom. The van der Waals surface area contributed by atoms with E-state index in [0.29, 0.717) is 6.61 Å². The topological polar surface area (TPSA) is 52.0 Å². The van der Waals surface area contributed by atoms with Gasteiger partial charge in [0.15, 0.2) is 0 Å². The van der Waals surface area contributed by atoms with Gasteiger partial charge < -0.3 is 10.1 Å². The van der Waals surface area contributed by atoms with Gasteiger partial charge in [-0.25, -0.2) is 4.68 Å². The van der Waals surface area contributed by atoms with Gasteiger partial charge in [0, 0.05) is 5.56 Å². The summed E-state index contributed by atoms with van der Waals surface area (Å²) in [6.45, 7) is 2.65. The largest absolute Gasteiger partial charge is 0.494 e. The molecule has 0 amide bonds. The Balaban J connectivity index is 1.75. The van der Waals surface area contributed by atoms with Gasteiger partial charge in [-0.05, 0) is 25.0 Å². The van der Waals surface area contributed by atoms with Gasteiger partial charge in [0.25, 0.3) is 0 Å². The van der Waals surface area contributed by atoms with Gasteiger partial charge in [-0.15, -0.1) is 0 Å². The van der Waals surface area contributed by atoms with E-state index in [4.69, 9.17) is 4.74 Å². The van der Waals surface area contributed by atoms with E-state index < -0.39 is 0 Å². The van der Waals surface area contributed by atoms with E-state index in [-0.39, 0.29) is 12.1 Å². The van der Waals surface area contributed by atoms with Crippen molar-refractivity contribution in [1.29, 1.82) is 0 Å². The smallest absolute Gasteiger partial charge is 0.222 e. The first-order chi connectivity index (χ1) is 11.9. The molecule has 3 aromatic rings. The van der Waals surface area contributed by atoms with Crippen molar-refractivity contribution in [3.63, 3.8) is 0 Å². The maximum atomic E-state index is 5.84. The van der Waals surface area contributed by atoms with E-state index in [2.05, 4.69) is 45.7 Å². The highest BCUT2D eigenvalue weighted by Gasteiger charge is 2.31. The highest BCUT2D eigenvalue weighted by Crippen LogP contribution is 2.40. The van der Waals surface area contributed by atoms with Crippen LogP contribution >= 0.6 is 0 Å². The minimum Gasteiger partial charge on any atom is -0.494 e. The van der Waals surface area contributed by atoms with E-state index >= 15 is 0 Å². The molecule has 5 nitrogen and oxygen atoms in total. The summed E-state index contributed by atoms with van der Waals surface area (Å²) in [5.41, 5.74) is 2.40. The molecule has 1 N–H and O–H groups in total. The van der Waals surface area contributed by atoms with E-state index in [1.54, 1.807) is 6.33 Å². The van der Waals surface area contributed by atoms with E-state index in [0.717, 1.165) is 23.7 Å². The lowest BCUT2D eigenvalue weighted by atomic mass is 9.93. The number of nitrogens with one attached hydrogen (secondary N) is 1. The molecule has 0 saturated heterocycles. The van der Waals surface area contributed by atoms with Gasteiger partial charge in [-0.1, -0.05) is 48.5 Å². The van der Waals surface area contributed by atoms with Gasteiger partial charge in [0.05, 0.1) is 18.7 Å². The molecule has 0 spiro atoms. The molecule has 122 valence electrons. The number of nitrogens with zero attached hydrogens (tertiary/aromatic N) is 3. The monoisotopic (exact) mass is 320 g/mol. The third-order valence-corrected chi connectivity index (χ3v) is 4.41. The predicted molar refractivity (Wildman–Crippen MR) is 93.2 cm³/mol. The second kappa shape index (κ2) is 6.35. The molecular weight excluding hydrogens is 300 g/mol. The third-order valence-electron chi connectivity index (χ3n) is 4.41. The van der Waals surface area contributed by atoms with Crippen LogP contribution in [0.15, 0.2) is 60.9 Å². The van der Waals surface area contributed by atoms with Crippen molar-refractivity contribution >= 4 is 5.95 Å². The first-order valence-electron chi connectivity index (χ1n) is 8.29. The Labute approximate surface area is 141 Å². The average molecular weight is 320 g/mol. The first-order valence-corrected chi connectivity index (χ1v) is 8.29.